The predicted octanol–water partition coefficient (Wildman–Crippen LogP) is 3.11. The Labute approximate surface area is 147 Å². The van der Waals surface area contributed by atoms with E-state index >= 15 is 0 Å². The molecule has 25 heavy (non-hydrogen) atoms. The molecule has 1 fully saturated rings. The molecule has 0 N–H and O–H groups in total. The van der Waals surface area contributed by atoms with E-state index in [1.54, 1.807) is 12.1 Å². The fourth-order valence-electron chi connectivity index (χ4n) is 3.29. The summed E-state index contributed by atoms with van der Waals surface area (Å²) < 4.78 is 4.65. The normalized spacial score (nSPS) is 16.7. The van der Waals surface area contributed by atoms with Crippen molar-refractivity contribution in [2.45, 2.75) is 31.7 Å². The van der Waals surface area contributed by atoms with E-state index in [1.807, 2.05) is 23.1 Å². The van der Waals surface area contributed by atoms with Crippen LogP contribution in [-0.4, -0.2) is 41.5 Å². The highest BCUT2D eigenvalue weighted by molar-refractivity contribution is 5.94. The number of amides is 1. The largest absolute Gasteiger partial charge is 0.465 e. The molecule has 130 valence electrons. The van der Waals surface area contributed by atoms with Crippen molar-refractivity contribution in [2.75, 3.05) is 13.7 Å². The third-order valence-corrected chi connectivity index (χ3v) is 4.65. The van der Waals surface area contributed by atoms with E-state index in [2.05, 4.69) is 21.9 Å². The lowest BCUT2D eigenvalue weighted by molar-refractivity contribution is 0.0598. The summed E-state index contributed by atoms with van der Waals surface area (Å²) in [5.74, 6) is -0.514. The smallest absolute Gasteiger partial charge is 0.339 e. The number of aryl methyl sites for hydroxylation is 1. The Morgan fingerprint density at radius 1 is 1.20 bits per heavy atom. The number of ether oxygens (including phenoxy) is 1. The molecule has 1 aromatic carbocycles. The molecule has 1 unspecified atom stereocenters. The van der Waals surface area contributed by atoms with Gasteiger partial charge in [0.25, 0.3) is 5.91 Å². The lowest BCUT2D eigenvalue weighted by Crippen LogP contribution is -2.36. The third kappa shape index (κ3) is 4.05. The predicted molar refractivity (Wildman–Crippen MR) is 94.4 cm³/mol. The van der Waals surface area contributed by atoms with Crippen LogP contribution < -0.4 is 0 Å². The molecule has 5 nitrogen and oxygen atoms in total. The van der Waals surface area contributed by atoms with Crippen LogP contribution >= 0.6 is 0 Å². The summed E-state index contributed by atoms with van der Waals surface area (Å²) in [6.07, 6.45) is 5.36. The lowest BCUT2D eigenvalue weighted by atomic mass is 10.0. The number of hydrogen-bond donors (Lipinski definition) is 0. The van der Waals surface area contributed by atoms with Crippen LogP contribution in [0.2, 0.25) is 0 Å². The van der Waals surface area contributed by atoms with Crippen LogP contribution in [0.15, 0.2) is 48.7 Å². The Bertz CT molecular complexity index is 728. The van der Waals surface area contributed by atoms with Crippen LogP contribution in [0.1, 0.15) is 45.7 Å². The average molecular weight is 338 g/mol. The number of benzene rings is 1. The number of pyridine rings is 1. The minimum Gasteiger partial charge on any atom is -0.465 e. The Morgan fingerprint density at radius 2 is 2.00 bits per heavy atom. The van der Waals surface area contributed by atoms with E-state index in [0.717, 1.165) is 32.2 Å². The number of aromatic nitrogens is 1. The fourth-order valence-corrected chi connectivity index (χ4v) is 3.29. The summed E-state index contributed by atoms with van der Waals surface area (Å²) in [6, 6.07) is 13.8. The molecule has 0 saturated carbocycles. The molecule has 1 atom stereocenters. The molecule has 0 aliphatic carbocycles. The third-order valence-electron chi connectivity index (χ3n) is 4.65. The van der Waals surface area contributed by atoms with Gasteiger partial charge in [0.2, 0.25) is 0 Å². The van der Waals surface area contributed by atoms with Gasteiger partial charge in [0.15, 0.2) is 0 Å². The van der Waals surface area contributed by atoms with Crippen LogP contribution in [0.3, 0.4) is 0 Å². The standard InChI is InChI=1S/C20H22N2O3/c1-25-20(24)16-10-12-18(21-14-16)19(23)22-13-5-8-17(22)11-9-15-6-3-2-4-7-15/h2-4,6-7,10,12,14,17H,5,8-9,11,13H2,1H3. The van der Waals surface area contributed by atoms with Gasteiger partial charge in [-0.25, -0.2) is 4.79 Å². The van der Waals surface area contributed by atoms with Gasteiger partial charge in [-0.15, -0.1) is 0 Å². The van der Waals surface area contributed by atoms with E-state index < -0.39 is 5.97 Å². The van der Waals surface area contributed by atoms with Gasteiger partial charge in [-0.2, -0.15) is 0 Å². The van der Waals surface area contributed by atoms with Gasteiger partial charge in [-0.05, 0) is 43.4 Å². The summed E-state index contributed by atoms with van der Waals surface area (Å²) in [4.78, 5) is 30.3. The van der Waals surface area contributed by atoms with Crippen molar-refractivity contribution in [1.82, 2.24) is 9.88 Å². The van der Waals surface area contributed by atoms with Gasteiger partial charge in [0.1, 0.15) is 5.69 Å². The number of nitrogens with zero attached hydrogens (tertiary/aromatic N) is 2. The molecule has 5 heteroatoms. The minimum atomic E-state index is -0.451. The monoisotopic (exact) mass is 338 g/mol. The van der Waals surface area contributed by atoms with E-state index in [9.17, 15) is 9.59 Å². The van der Waals surface area contributed by atoms with Crippen molar-refractivity contribution < 1.29 is 14.3 Å². The summed E-state index contributed by atoms with van der Waals surface area (Å²) in [5, 5.41) is 0. The maximum atomic E-state index is 12.8. The molecule has 2 aromatic rings. The van der Waals surface area contributed by atoms with Crippen LogP contribution in [0, 0.1) is 0 Å². The van der Waals surface area contributed by atoms with Gasteiger partial charge in [0, 0.05) is 18.8 Å². The van der Waals surface area contributed by atoms with Gasteiger partial charge >= 0.3 is 5.97 Å². The number of hydrogen-bond acceptors (Lipinski definition) is 4. The quantitative estimate of drug-likeness (QED) is 0.786. The number of carbonyl (C=O) groups excluding carboxylic acids is 2. The average Bonchev–Trinajstić information content (AvgIpc) is 3.14. The maximum absolute atomic E-state index is 12.8. The zero-order chi connectivity index (χ0) is 17.6. The van der Waals surface area contributed by atoms with Crippen molar-refractivity contribution in [3.8, 4) is 0 Å². The van der Waals surface area contributed by atoms with E-state index in [4.69, 9.17) is 0 Å². The van der Waals surface area contributed by atoms with Crippen molar-refractivity contribution in [1.29, 1.82) is 0 Å². The fraction of sp³-hybridized carbons (Fsp3) is 0.350. The van der Waals surface area contributed by atoms with Crippen LogP contribution in [0.5, 0.6) is 0 Å². The van der Waals surface area contributed by atoms with Crippen molar-refractivity contribution in [2.24, 2.45) is 0 Å². The number of carbonyl (C=O) groups is 2. The van der Waals surface area contributed by atoms with Crippen LogP contribution in [0.4, 0.5) is 0 Å². The van der Waals surface area contributed by atoms with E-state index in [-0.39, 0.29) is 11.9 Å². The van der Waals surface area contributed by atoms with Gasteiger partial charge in [-0.1, -0.05) is 30.3 Å². The first-order chi connectivity index (χ1) is 12.2. The van der Waals surface area contributed by atoms with Gasteiger partial charge in [0.05, 0.1) is 12.7 Å². The summed E-state index contributed by atoms with van der Waals surface area (Å²) in [5.41, 5.74) is 2.02. The van der Waals surface area contributed by atoms with Crippen LogP contribution in [0.25, 0.3) is 0 Å². The van der Waals surface area contributed by atoms with E-state index in [1.165, 1.54) is 18.9 Å². The number of rotatable bonds is 5. The SMILES string of the molecule is COC(=O)c1ccc(C(=O)N2CCCC2CCc2ccccc2)nc1. The lowest BCUT2D eigenvalue weighted by Gasteiger charge is -2.24. The Balaban J connectivity index is 1.65. The first-order valence-corrected chi connectivity index (χ1v) is 8.58. The highest BCUT2D eigenvalue weighted by atomic mass is 16.5. The molecule has 2 heterocycles. The Kier molecular flexibility index (Phi) is 5.43. The van der Waals surface area contributed by atoms with E-state index in [0.29, 0.717) is 11.3 Å². The summed E-state index contributed by atoms with van der Waals surface area (Å²) >= 11 is 0. The molecule has 0 bridgehead atoms. The first kappa shape index (κ1) is 17.1. The van der Waals surface area contributed by atoms with Gasteiger partial charge in [-0.3, -0.25) is 9.78 Å². The molecule has 1 amide bonds. The van der Waals surface area contributed by atoms with Crippen LogP contribution in [-0.2, 0) is 11.2 Å². The second kappa shape index (κ2) is 7.92. The summed E-state index contributed by atoms with van der Waals surface area (Å²) in [7, 11) is 1.32. The van der Waals surface area contributed by atoms with Crippen molar-refractivity contribution in [3.05, 3.63) is 65.5 Å². The molecule has 1 aliphatic rings. The molecular weight excluding hydrogens is 316 g/mol. The highest BCUT2D eigenvalue weighted by Gasteiger charge is 2.29. The Morgan fingerprint density at radius 3 is 2.68 bits per heavy atom. The molecule has 1 saturated heterocycles. The zero-order valence-corrected chi connectivity index (χ0v) is 14.4. The Hall–Kier alpha value is -2.69. The van der Waals surface area contributed by atoms with Crippen molar-refractivity contribution >= 4 is 11.9 Å². The number of methoxy groups -OCH3 is 1. The minimum absolute atomic E-state index is 0.0630. The second-order valence-corrected chi connectivity index (χ2v) is 6.24. The molecule has 1 aliphatic heterocycles. The van der Waals surface area contributed by atoms with Gasteiger partial charge < -0.3 is 9.64 Å². The second-order valence-electron chi connectivity index (χ2n) is 6.24. The van der Waals surface area contributed by atoms with Crippen molar-refractivity contribution in [3.63, 3.8) is 0 Å². The first-order valence-electron chi connectivity index (χ1n) is 8.58. The number of likely N-dealkylation sites (tertiary alicyclic amines) is 1. The molecular formula is C20H22N2O3. The molecule has 0 radical (unpaired) electrons. The highest BCUT2D eigenvalue weighted by Crippen LogP contribution is 2.23. The molecule has 1 aromatic heterocycles. The zero-order valence-electron chi connectivity index (χ0n) is 14.4. The molecule has 3 rings (SSSR count). The summed E-state index contributed by atoms with van der Waals surface area (Å²) in [6.45, 7) is 0.763. The molecule has 0 spiro atoms. The maximum Gasteiger partial charge on any atom is 0.339 e. The topological polar surface area (TPSA) is 59.5 Å². The number of esters is 1.